The van der Waals surface area contributed by atoms with Crippen LogP contribution in [0.25, 0.3) is 0 Å². The zero-order valence-electron chi connectivity index (χ0n) is 18.3. The van der Waals surface area contributed by atoms with Gasteiger partial charge in [0.25, 0.3) is 11.8 Å². The Labute approximate surface area is 177 Å². The van der Waals surface area contributed by atoms with Crippen LogP contribution in [-0.2, 0) is 0 Å². The van der Waals surface area contributed by atoms with E-state index in [2.05, 4.69) is 19.2 Å². The number of ether oxygens (including phenoxy) is 3. The molecule has 2 aromatic carbocycles. The van der Waals surface area contributed by atoms with Gasteiger partial charge in [-0.25, -0.2) is 0 Å². The maximum atomic E-state index is 12.7. The Kier molecular flexibility index (Phi) is 8.53. The van der Waals surface area contributed by atoms with Gasteiger partial charge in [-0.2, -0.15) is 0 Å². The van der Waals surface area contributed by atoms with Crippen LogP contribution in [0.3, 0.4) is 0 Å². The van der Waals surface area contributed by atoms with Crippen LogP contribution in [0.4, 0.5) is 5.69 Å². The fourth-order valence-electron chi connectivity index (χ4n) is 3.15. The Morgan fingerprint density at radius 2 is 1.37 bits per heavy atom. The van der Waals surface area contributed by atoms with Crippen LogP contribution in [0, 0.1) is 0 Å². The zero-order valence-corrected chi connectivity index (χ0v) is 18.3. The average molecular weight is 415 g/mol. The van der Waals surface area contributed by atoms with E-state index >= 15 is 0 Å². The first kappa shape index (κ1) is 23.1. The van der Waals surface area contributed by atoms with Gasteiger partial charge in [0.05, 0.1) is 21.3 Å². The van der Waals surface area contributed by atoms with Crippen LogP contribution in [0.5, 0.6) is 17.2 Å². The van der Waals surface area contributed by atoms with Crippen LogP contribution in [0.1, 0.15) is 47.4 Å². The van der Waals surface area contributed by atoms with Crippen molar-refractivity contribution in [3.8, 4) is 17.2 Å². The number of nitrogens with one attached hydrogen (secondary N) is 1. The summed E-state index contributed by atoms with van der Waals surface area (Å²) in [6.07, 6.45) is 1.82. The quantitative estimate of drug-likeness (QED) is 0.630. The number of rotatable bonds is 10. The van der Waals surface area contributed by atoms with Gasteiger partial charge in [0.2, 0.25) is 5.75 Å². The van der Waals surface area contributed by atoms with E-state index in [0.717, 1.165) is 25.9 Å². The molecule has 7 heteroatoms. The molecule has 2 rings (SSSR count). The summed E-state index contributed by atoms with van der Waals surface area (Å²) in [6.45, 7) is 5.56. The van der Waals surface area contributed by atoms with Crippen molar-refractivity contribution in [1.82, 2.24) is 4.90 Å². The minimum atomic E-state index is -0.327. The summed E-state index contributed by atoms with van der Waals surface area (Å²) in [5, 5.41) is 2.83. The lowest BCUT2D eigenvalue weighted by atomic mass is 10.1. The summed E-state index contributed by atoms with van der Waals surface area (Å²) in [5.41, 5.74) is 1.55. The molecule has 0 spiro atoms. The molecule has 2 amide bonds. The van der Waals surface area contributed by atoms with Crippen LogP contribution in [0.2, 0.25) is 0 Å². The van der Waals surface area contributed by atoms with Crippen molar-refractivity contribution in [2.24, 2.45) is 0 Å². The van der Waals surface area contributed by atoms with Gasteiger partial charge in [-0.1, -0.05) is 13.8 Å². The molecular weight excluding hydrogens is 384 g/mol. The molecule has 0 aliphatic heterocycles. The number of benzene rings is 2. The Balaban J connectivity index is 2.17. The molecule has 30 heavy (non-hydrogen) atoms. The smallest absolute Gasteiger partial charge is 0.255 e. The lowest BCUT2D eigenvalue weighted by Crippen LogP contribution is -2.32. The average Bonchev–Trinajstić information content (AvgIpc) is 2.77. The summed E-state index contributed by atoms with van der Waals surface area (Å²) in [6, 6.07) is 10.1. The molecular formula is C23H30N2O5. The van der Waals surface area contributed by atoms with Gasteiger partial charge in [0, 0.05) is 29.9 Å². The van der Waals surface area contributed by atoms with Gasteiger partial charge in [0.1, 0.15) is 0 Å². The summed E-state index contributed by atoms with van der Waals surface area (Å²) >= 11 is 0. The maximum Gasteiger partial charge on any atom is 0.255 e. The van der Waals surface area contributed by atoms with Crippen molar-refractivity contribution in [1.29, 1.82) is 0 Å². The zero-order chi connectivity index (χ0) is 22.1. The third-order valence-corrected chi connectivity index (χ3v) is 4.59. The van der Waals surface area contributed by atoms with Crippen molar-refractivity contribution in [2.45, 2.75) is 26.7 Å². The first-order valence-corrected chi connectivity index (χ1v) is 9.99. The molecule has 2 aromatic rings. The largest absolute Gasteiger partial charge is 0.493 e. The molecule has 7 nitrogen and oxygen atoms in total. The normalized spacial score (nSPS) is 10.3. The first-order valence-electron chi connectivity index (χ1n) is 9.99. The van der Waals surface area contributed by atoms with Crippen LogP contribution >= 0.6 is 0 Å². The number of anilines is 1. The minimum Gasteiger partial charge on any atom is -0.493 e. The molecule has 0 bridgehead atoms. The van der Waals surface area contributed by atoms with Gasteiger partial charge in [0.15, 0.2) is 11.5 Å². The van der Waals surface area contributed by atoms with E-state index in [1.807, 2.05) is 4.90 Å². The molecule has 162 valence electrons. The van der Waals surface area contributed by atoms with E-state index in [1.54, 1.807) is 36.4 Å². The highest BCUT2D eigenvalue weighted by molar-refractivity contribution is 6.05. The number of methoxy groups -OCH3 is 3. The number of carbonyl (C=O) groups excluding carboxylic acids is 2. The Morgan fingerprint density at radius 1 is 0.833 bits per heavy atom. The molecule has 0 radical (unpaired) electrons. The molecule has 0 saturated heterocycles. The first-order chi connectivity index (χ1) is 14.5. The van der Waals surface area contributed by atoms with Crippen LogP contribution in [0.15, 0.2) is 36.4 Å². The van der Waals surface area contributed by atoms with Gasteiger partial charge < -0.3 is 24.4 Å². The molecule has 0 unspecified atom stereocenters. The molecule has 0 atom stereocenters. The number of hydrogen-bond acceptors (Lipinski definition) is 5. The Morgan fingerprint density at radius 3 is 1.80 bits per heavy atom. The van der Waals surface area contributed by atoms with Gasteiger partial charge >= 0.3 is 0 Å². The number of nitrogens with zero attached hydrogens (tertiary/aromatic N) is 1. The molecule has 1 N–H and O–H groups in total. The molecule has 0 saturated carbocycles. The SMILES string of the molecule is CCCN(CCC)C(=O)c1ccc(NC(=O)c2cc(OC)c(OC)c(OC)c2)cc1. The number of amides is 2. The van der Waals surface area contributed by atoms with Crippen LogP contribution in [-0.4, -0.2) is 51.1 Å². The summed E-state index contributed by atoms with van der Waals surface area (Å²) < 4.78 is 15.9. The highest BCUT2D eigenvalue weighted by Gasteiger charge is 2.18. The van der Waals surface area contributed by atoms with Crippen molar-refractivity contribution in [3.63, 3.8) is 0 Å². The topological polar surface area (TPSA) is 77.1 Å². The monoisotopic (exact) mass is 414 g/mol. The highest BCUT2D eigenvalue weighted by Crippen LogP contribution is 2.38. The predicted molar refractivity (Wildman–Crippen MR) is 117 cm³/mol. The second kappa shape index (κ2) is 11.1. The van der Waals surface area contributed by atoms with Gasteiger partial charge in [-0.3, -0.25) is 9.59 Å². The third-order valence-electron chi connectivity index (χ3n) is 4.59. The summed E-state index contributed by atoms with van der Waals surface area (Å²) in [5.74, 6) is 0.890. The molecule has 0 aliphatic rings. The molecule has 0 aromatic heterocycles. The standard InChI is InChI=1S/C23H30N2O5/c1-6-12-25(13-7-2)23(27)16-8-10-18(11-9-16)24-22(26)17-14-19(28-3)21(30-5)20(15-17)29-4/h8-11,14-15H,6-7,12-13H2,1-5H3,(H,24,26). The predicted octanol–water partition coefficient (Wildman–Crippen LogP) is 4.23. The number of hydrogen-bond donors (Lipinski definition) is 1. The lowest BCUT2D eigenvalue weighted by Gasteiger charge is -2.21. The molecule has 0 fully saturated rings. The number of carbonyl (C=O) groups is 2. The third kappa shape index (κ3) is 5.43. The fourth-order valence-corrected chi connectivity index (χ4v) is 3.15. The highest BCUT2D eigenvalue weighted by atomic mass is 16.5. The van der Waals surface area contributed by atoms with Crippen molar-refractivity contribution >= 4 is 17.5 Å². The van der Waals surface area contributed by atoms with E-state index in [1.165, 1.54) is 21.3 Å². The van der Waals surface area contributed by atoms with E-state index in [-0.39, 0.29) is 11.8 Å². The van der Waals surface area contributed by atoms with Crippen LogP contribution < -0.4 is 19.5 Å². The van der Waals surface area contributed by atoms with E-state index in [0.29, 0.717) is 34.1 Å². The second-order valence-electron chi connectivity index (χ2n) is 6.74. The van der Waals surface area contributed by atoms with Crippen molar-refractivity contribution < 1.29 is 23.8 Å². The Hall–Kier alpha value is -3.22. The lowest BCUT2D eigenvalue weighted by molar-refractivity contribution is 0.0755. The van der Waals surface area contributed by atoms with E-state index in [9.17, 15) is 9.59 Å². The van der Waals surface area contributed by atoms with Gasteiger partial charge in [-0.05, 0) is 49.2 Å². The van der Waals surface area contributed by atoms with Gasteiger partial charge in [-0.15, -0.1) is 0 Å². The van der Waals surface area contributed by atoms with E-state index < -0.39 is 0 Å². The minimum absolute atomic E-state index is 0.00111. The maximum absolute atomic E-state index is 12.7. The Bertz CT molecular complexity index is 833. The van der Waals surface area contributed by atoms with Crippen molar-refractivity contribution in [3.05, 3.63) is 47.5 Å². The molecule has 0 aliphatic carbocycles. The summed E-state index contributed by atoms with van der Waals surface area (Å²) in [4.78, 5) is 27.2. The van der Waals surface area contributed by atoms with Crippen molar-refractivity contribution in [2.75, 3.05) is 39.7 Å². The second-order valence-corrected chi connectivity index (χ2v) is 6.74. The fraction of sp³-hybridized carbons (Fsp3) is 0.391. The molecule has 0 heterocycles. The van der Waals surface area contributed by atoms with E-state index in [4.69, 9.17) is 14.2 Å². The summed E-state index contributed by atoms with van der Waals surface area (Å²) in [7, 11) is 4.50.